The van der Waals surface area contributed by atoms with E-state index >= 15 is 0 Å². The van der Waals surface area contributed by atoms with Crippen LogP contribution in [0, 0.1) is 12.7 Å². The quantitative estimate of drug-likeness (QED) is 0.641. The van der Waals surface area contributed by atoms with E-state index < -0.39 is 5.82 Å². The van der Waals surface area contributed by atoms with E-state index in [1.54, 1.807) is 29.2 Å². The number of imidazole rings is 1. The van der Waals surface area contributed by atoms with Crippen LogP contribution in [0.5, 0.6) is 0 Å². The summed E-state index contributed by atoms with van der Waals surface area (Å²) in [6, 6.07) is 3.32. The van der Waals surface area contributed by atoms with E-state index in [0.29, 0.717) is 23.4 Å². The van der Waals surface area contributed by atoms with Crippen molar-refractivity contribution in [3.8, 4) is 11.5 Å². The second kappa shape index (κ2) is 8.27. The molecular weight excluding hydrogens is 421 g/mol. The first kappa shape index (κ1) is 21.0. The number of pyridine rings is 1. The molecule has 33 heavy (non-hydrogen) atoms. The van der Waals surface area contributed by atoms with Crippen molar-refractivity contribution in [2.45, 2.75) is 51.6 Å². The van der Waals surface area contributed by atoms with Crippen molar-refractivity contribution in [1.82, 2.24) is 34.2 Å². The maximum Gasteiger partial charge on any atom is 0.164 e. The summed E-state index contributed by atoms with van der Waals surface area (Å²) in [7, 11) is 0. The second-order valence-corrected chi connectivity index (χ2v) is 8.24. The summed E-state index contributed by atoms with van der Waals surface area (Å²) in [5, 5.41) is 8.78. The van der Waals surface area contributed by atoms with Gasteiger partial charge in [-0.05, 0) is 44.7 Å². The largest absolute Gasteiger partial charge is 0.403 e. The van der Waals surface area contributed by atoms with Crippen molar-refractivity contribution in [1.29, 1.82) is 0 Å². The van der Waals surface area contributed by atoms with Crippen LogP contribution >= 0.6 is 0 Å². The standard InChI is InChI=1S/C23H26FN9/c1-4-19-23-30-29-15(3)32(23)20(12-25)22(33(19)17-6-5-7-17)28-14(2)31-11-10-26-21(31)18-9-8-16(24)13-27-18/h8-13,17,19H,2,4-7,25H2,1,3H3/b20-12+,28-22+/t19-/m1/s1. The molecule has 1 fully saturated rings. The van der Waals surface area contributed by atoms with E-state index in [0.717, 1.165) is 42.4 Å². The number of halogens is 1. The number of aliphatic imine (C=N–C) groups is 1. The van der Waals surface area contributed by atoms with Crippen molar-refractivity contribution in [2.24, 2.45) is 10.7 Å². The van der Waals surface area contributed by atoms with Crippen molar-refractivity contribution in [2.75, 3.05) is 0 Å². The molecule has 0 aromatic carbocycles. The summed E-state index contributed by atoms with van der Waals surface area (Å²) >= 11 is 0. The summed E-state index contributed by atoms with van der Waals surface area (Å²) in [6.45, 7) is 8.27. The summed E-state index contributed by atoms with van der Waals surface area (Å²) in [5.41, 5.74) is 7.39. The van der Waals surface area contributed by atoms with Gasteiger partial charge < -0.3 is 10.6 Å². The van der Waals surface area contributed by atoms with Gasteiger partial charge in [0, 0.05) is 24.6 Å². The topological polar surface area (TPSA) is 103 Å². The molecule has 9 nitrogen and oxygen atoms in total. The van der Waals surface area contributed by atoms with Gasteiger partial charge in [-0.1, -0.05) is 13.5 Å². The van der Waals surface area contributed by atoms with Crippen LogP contribution in [0.15, 0.2) is 48.5 Å². The van der Waals surface area contributed by atoms with Gasteiger partial charge in [-0.3, -0.25) is 9.13 Å². The molecule has 1 aliphatic carbocycles. The Morgan fingerprint density at radius 3 is 2.76 bits per heavy atom. The van der Waals surface area contributed by atoms with Gasteiger partial charge in [-0.15, -0.1) is 10.2 Å². The van der Waals surface area contributed by atoms with Crippen molar-refractivity contribution < 1.29 is 4.39 Å². The monoisotopic (exact) mass is 447 g/mol. The molecule has 170 valence electrons. The average Bonchev–Trinajstić information content (AvgIpc) is 3.41. The lowest BCUT2D eigenvalue weighted by Gasteiger charge is -2.47. The number of nitrogens with two attached hydrogens (primary N) is 1. The van der Waals surface area contributed by atoms with Crippen LogP contribution in [0.25, 0.3) is 23.0 Å². The van der Waals surface area contributed by atoms with Crippen LogP contribution in [0.1, 0.15) is 50.3 Å². The Kier molecular flexibility index (Phi) is 5.27. The number of aryl methyl sites for hydroxylation is 1. The highest BCUT2D eigenvalue weighted by atomic mass is 19.1. The molecule has 0 saturated heterocycles. The fourth-order valence-corrected chi connectivity index (χ4v) is 4.52. The number of hydrogen-bond donors (Lipinski definition) is 1. The number of nitrogens with zero attached hydrogens (tertiary/aromatic N) is 8. The number of aromatic nitrogens is 6. The Morgan fingerprint density at radius 1 is 1.30 bits per heavy atom. The van der Waals surface area contributed by atoms with E-state index in [1.165, 1.54) is 18.7 Å². The molecule has 0 unspecified atom stereocenters. The molecule has 0 radical (unpaired) electrons. The van der Waals surface area contributed by atoms with Crippen LogP contribution in [-0.4, -0.2) is 46.1 Å². The van der Waals surface area contributed by atoms with Gasteiger partial charge in [0.25, 0.3) is 0 Å². The van der Waals surface area contributed by atoms with E-state index in [4.69, 9.17) is 10.7 Å². The molecule has 4 heterocycles. The third-order valence-corrected chi connectivity index (χ3v) is 6.32. The Morgan fingerprint density at radius 2 is 2.12 bits per heavy atom. The lowest BCUT2D eigenvalue weighted by atomic mass is 9.88. The Hall–Kier alpha value is -3.82. The van der Waals surface area contributed by atoms with E-state index in [1.807, 2.05) is 11.5 Å². The van der Waals surface area contributed by atoms with Crippen molar-refractivity contribution >= 4 is 17.4 Å². The van der Waals surface area contributed by atoms with Crippen LogP contribution < -0.4 is 5.73 Å². The molecule has 0 bridgehead atoms. The molecule has 1 saturated carbocycles. The predicted molar refractivity (Wildman–Crippen MR) is 124 cm³/mol. The normalized spacial score (nSPS) is 20.8. The zero-order valence-electron chi connectivity index (χ0n) is 18.7. The lowest BCUT2D eigenvalue weighted by Crippen LogP contribution is -2.50. The Labute approximate surface area is 191 Å². The average molecular weight is 448 g/mol. The number of amidine groups is 1. The highest BCUT2D eigenvalue weighted by Gasteiger charge is 2.41. The maximum atomic E-state index is 13.4. The van der Waals surface area contributed by atoms with Crippen molar-refractivity contribution in [3.63, 3.8) is 0 Å². The first-order chi connectivity index (χ1) is 16.0. The Bertz CT molecular complexity index is 1250. The van der Waals surface area contributed by atoms with E-state index in [-0.39, 0.29) is 6.04 Å². The summed E-state index contributed by atoms with van der Waals surface area (Å²) in [6.07, 6.45) is 10.3. The molecular formula is C23H26FN9. The summed E-state index contributed by atoms with van der Waals surface area (Å²) < 4.78 is 17.1. The zero-order chi connectivity index (χ0) is 23.1. The van der Waals surface area contributed by atoms with E-state index in [2.05, 4.69) is 38.6 Å². The molecule has 0 amide bonds. The predicted octanol–water partition coefficient (Wildman–Crippen LogP) is 3.59. The zero-order valence-corrected chi connectivity index (χ0v) is 18.7. The van der Waals surface area contributed by atoms with E-state index in [9.17, 15) is 4.39 Å². The van der Waals surface area contributed by atoms with Gasteiger partial charge >= 0.3 is 0 Å². The van der Waals surface area contributed by atoms with Crippen LogP contribution in [0.3, 0.4) is 0 Å². The Balaban J connectivity index is 1.62. The molecule has 5 rings (SSSR count). The highest BCUT2D eigenvalue weighted by molar-refractivity contribution is 6.19. The molecule has 10 heteroatoms. The SMILES string of the molecule is C=C(/N=C1\C(=C/N)n2c(C)nnc2[C@@H](CC)N1C1CCC1)n1ccnc1-c1ccc(F)cn1. The molecule has 2 aliphatic rings. The molecule has 2 N–H and O–H groups in total. The fraction of sp³-hybridized carbons (Fsp3) is 0.348. The second-order valence-electron chi connectivity index (χ2n) is 8.24. The van der Waals surface area contributed by atoms with Gasteiger partial charge in [0.2, 0.25) is 0 Å². The minimum atomic E-state index is -0.405. The van der Waals surface area contributed by atoms with Crippen LogP contribution in [-0.2, 0) is 0 Å². The maximum absolute atomic E-state index is 13.4. The number of hydrogen-bond acceptors (Lipinski definition) is 6. The molecule has 3 aromatic heterocycles. The smallest absolute Gasteiger partial charge is 0.164 e. The lowest BCUT2D eigenvalue weighted by molar-refractivity contribution is 0.147. The third kappa shape index (κ3) is 3.42. The minimum absolute atomic E-state index is 0.0350. The van der Waals surface area contributed by atoms with Crippen LogP contribution in [0.4, 0.5) is 4.39 Å². The summed E-state index contributed by atoms with van der Waals surface area (Å²) in [5.74, 6) is 2.95. The molecule has 0 spiro atoms. The minimum Gasteiger partial charge on any atom is -0.403 e. The first-order valence-corrected chi connectivity index (χ1v) is 11.1. The fourth-order valence-electron chi connectivity index (χ4n) is 4.52. The first-order valence-electron chi connectivity index (χ1n) is 11.1. The summed E-state index contributed by atoms with van der Waals surface area (Å²) in [4.78, 5) is 15.9. The highest BCUT2D eigenvalue weighted by Crippen LogP contribution is 2.40. The van der Waals surface area contributed by atoms with Gasteiger partial charge in [-0.25, -0.2) is 19.4 Å². The number of fused-ring (bicyclic) bond motifs is 1. The van der Waals surface area contributed by atoms with Gasteiger partial charge in [-0.2, -0.15) is 0 Å². The third-order valence-electron chi connectivity index (χ3n) is 6.32. The van der Waals surface area contributed by atoms with Gasteiger partial charge in [0.15, 0.2) is 17.5 Å². The van der Waals surface area contributed by atoms with Gasteiger partial charge in [0.05, 0.1) is 12.2 Å². The van der Waals surface area contributed by atoms with Gasteiger partial charge in [0.1, 0.15) is 28.9 Å². The molecule has 1 atom stereocenters. The number of rotatable bonds is 5. The molecule has 3 aromatic rings. The van der Waals surface area contributed by atoms with Crippen molar-refractivity contribution in [3.05, 3.63) is 61.0 Å². The molecule has 1 aliphatic heterocycles. The van der Waals surface area contributed by atoms with Crippen LogP contribution in [0.2, 0.25) is 0 Å².